The van der Waals surface area contributed by atoms with E-state index in [0.717, 1.165) is 50.2 Å². The standard InChI is InChI=1S/C25H30ClN3O4/c26-19-7-4-18(5-8-19)24(30)29-22(25(31)32)11-13-33-21-14-16(15-21)3-9-20-10-6-17-2-1-12-27-23(17)28-20/h4-8,10,16,21-22H,1-3,9,11-15H2,(H,27,28)(H,29,30)(H,31,32)/t16?,21?,22-/m0/s1. The summed E-state index contributed by atoms with van der Waals surface area (Å²) in [5, 5.41) is 15.9. The van der Waals surface area contributed by atoms with E-state index in [2.05, 4.69) is 22.8 Å². The van der Waals surface area contributed by atoms with Gasteiger partial charge < -0.3 is 20.5 Å². The van der Waals surface area contributed by atoms with Gasteiger partial charge >= 0.3 is 5.97 Å². The highest BCUT2D eigenvalue weighted by atomic mass is 35.5. The Morgan fingerprint density at radius 1 is 1.21 bits per heavy atom. The van der Waals surface area contributed by atoms with Crippen LogP contribution in [0.5, 0.6) is 0 Å². The number of carbonyl (C=O) groups excluding carboxylic acids is 1. The number of ether oxygens (including phenoxy) is 1. The number of fused-ring (bicyclic) bond motifs is 1. The van der Waals surface area contributed by atoms with E-state index in [4.69, 9.17) is 21.3 Å². The molecule has 1 saturated carbocycles. The number of benzene rings is 1. The predicted molar refractivity (Wildman–Crippen MR) is 127 cm³/mol. The highest BCUT2D eigenvalue weighted by molar-refractivity contribution is 6.30. The number of carboxylic acids is 1. The van der Waals surface area contributed by atoms with Crippen molar-refractivity contribution in [2.24, 2.45) is 5.92 Å². The Labute approximate surface area is 198 Å². The molecule has 0 bridgehead atoms. The molecule has 1 fully saturated rings. The van der Waals surface area contributed by atoms with Crippen molar-refractivity contribution in [2.45, 2.75) is 57.1 Å². The largest absolute Gasteiger partial charge is 0.480 e. The van der Waals surface area contributed by atoms with Crippen LogP contribution < -0.4 is 10.6 Å². The van der Waals surface area contributed by atoms with Crippen LogP contribution in [-0.4, -0.2) is 47.3 Å². The van der Waals surface area contributed by atoms with E-state index in [1.807, 2.05) is 0 Å². The van der Waals surface area contributed by atoms with Crippen molar-refractivity contribution in [3.05, 3.63) is 58.2 Å². The van der Waals surface area contributed by atoms with E-state index in [1.54, 1.807) is 24.3 Å². The van der Waals surface area contributed by atoms with Gasteiger partial charge in [0.05, 0.1) is 6.10 Å². The molecule has 1 amide bonds. The Kier molecular flexibility index (Phi) is 7.83. The number of carbonyl (C=O) groups is 2. The van der Waals surface area contributed by atoms with Gasteiger partial charge in [0.15, 0.2) is 0 Å². The first-order valence-electron chi connectivity index (χ1n) is 11.6. The zero-order valence-corrected chi connectivity index (χ0v) is 19.3. The number of hydrogen-bond donors (Lipinski definition) is 3. The number of amides is 1. The first-order valence-corrected chi connectivity index (χ1v) is 12.0. The quantitative estimate of drug-likeness (QED) is 0.482. The summed E-state index contributed by atoms with van der Waals surface area (Å²) in [6, 6.07) is 9.68. The molecule has 0 unspecified atom stereocenters. The highest BCUT2D eigenvalue weighted by Gasteiger charge is 2.30. The molecule has 0 saturated heterocycles. The monoisotopic (exact) mass is 471 g/mol. The average Bonchev–Trinajstić information content (AvgIpc) is 2.79. The molecule has 2 heterocycles. The second-order valence-electron chi connectivity index (χ2n) is 8.87. The summed E-state index contributed by atoms with van der Waals surface area (Å²) < 4.78 is 5.86. The van der Waals surface area contributed by atoms with Crippen LogP contribution in [0.4, 0.5) is 5.82 Å². The Morgan fingerprint density at radius 2 is 2.00 bits per heavy atom. The second kappa shape index (κ2) is 11.0. The summed E-state index contributed by atoms with van der Waals surface area (Å²) in [6.45, 7) is 1.30. The lowest BCUT2D eigenvalue weighted by molar-refractivity contribution is -0.140. The first kappa shape index (κ1) is 23.5. The zero-order chi connectivity index (χ0) is 23.2. The lowest BCUT2D eigenvalue weighted by Gasteiger charge is -2.35. The minimum Gasteiger partial charge on any atom is -0.480 e. The minimum absolute atomic E-state index is 0.162. The fourth-order valence-corrected chi connectivity index (χ4v) is 4.49. The molecule has 7 nitrogen and oxygen atoms in total. The lowest BCUT2D eigenvalue weighted by Crippen LogP contribution is -2.42. The third kappa shape index (κ3) is 6.45. The van der Waals surface area contributed by atoms with Gasteiger partial charge in [-0.3, -0.25) is 4.79 Å². The van der Waals surface area contributed by atoms with Gasteiger partial charge in [-0.1, -0.05) is 17.7 Å². The molecule has 0 spiro atoms. The average molecular weight is 472 g/mol. The molecule has 1 aliphatic carbocycles. The van der Waals surface area contributed by atoms with Crippen LogP contribution in [0.15, 0.2) is 36.4 Å². The van der Waals surface area contributed by atoms with E-state index in [0.29, 0.717) is 23.1 Å². The molecule has 1 aromatic heterocycles. The summed E-state index contributed by atoms with van der Waals surface area (Å²) in [5.41, 5.74) is 2.82. The smallest absolute Gasteiger partial charge is 0.326 e. The van der Waals surface area contributed by atoms with Gasteiger partial charge in [0.1, 0.15) is 11.9 Å². The van der Waals surface area contributed by atoms with Gasteiger partial charge in [-0.2, -0.15) is 0 Å². The third-order valence-electron chi connectivity index (χ3n) is 6.42. The van der Waals surface area contributed by atoms with E-state index < -0.39 is 17.9 Å². The number of hydrogen-bond acceptors (Lipinski definition) is 5. The molecule has 0 radical (unpaired) electrons. The molecule has 1 aliphatic heterocycles. The number of aryl methyl sites for hydroxylation is 2. The summed E-state index contributed by atoms with van der Waals surface area (Å²) in [6.07, 6.45) is 6.67. The molecule has 1 aromatic carbocycles. The molecular formula is C25H30ClN3O4. The van der Waals surface area contributed by atoms with E-state index in [9.17, 15) is 14.7 Å². The van der Waals surface area contributed by atoms with Crippen molar-refractivity contribution in [3.63, 3.8) is 0 Å². The van der Waals surface area contributed by atoms with Crippen LogP contribution in [0.1, 0.15) is 53.7 Å². The van der Waals surface area contributed by atoms with Crippen molar-refractivity contribution < 1.29 is 19.4 Å². The van der Waals surface area contributed by atoms with Crippen LogP contribution >= 0.6 is 11.6 Å². The van der Waals surface area contributed by atoms with Gasteiger partial charge in [-0.25, -0.2) is 9.78 Å². The molecule has 2 aliphatic rings. The van der Waals surface area contributed by atoms with Crippen LogP contribution in [0.3, 0.4) is 0 Å². The van der Waals surface area contributed by atoms with Crippen LogP contribution in [0.25, 0.3) is 0 Å². The topological polar surface area (TPSA) is 101 Å². The number of carboxylic acid groups (broad SMARTS) is 1. The summed E-state index contributed by atoms with van der Waals surface area (Å²) >= 11 is 5.83. The van der Waals surface area contributed by atoms with E-state index in [-0.39, 0.29) is 12.5 Å². The zero-order valence-electron chi connectivity index (χ0n) is 18.6. The van der Waals surface area contributed by atoms with Crippen LogP contribution in [0, 0.1) is 5.92 Å². The van der Waals surface area contributed by atoms with Crippen molar-refractivity contribution in [2.75, 3.05) is 18.5 Å². The Bertz CT molecular complexity index is 976. The number of aromatic nitrogens is 1. The molecule has 4 rings (SSSR count). The third-order valence-corrected chi connectivity index (χ3v) is 6.67. The SMILES string of the molecule is O=C(N[C@@H](CCOC1CC(CCc2ccc3c(n2)NCCC3)C1)C(=O)O)c1ccc(Cl)cc1. The maximum absolute atomic E-state index is 12.3. The fraction of sp³-hybridized carbons (Fsp3) is 0.480. The van der Waals surface area contributed by atoms with Gasteiger partial charge in [-0.15, -0.1) is 0 Å². The van der Waals surface area contributed by atoms with Crippen molar-refractivity contribution in [3.8, 4) is 0 Å². The predicted octanol–water partition coefficient (Wildman–Crippen LogP) is 4.09. The van der Waals surface area contributed by atoms with Crippen molar-refractivity contribution >= 4 is 29.3 Å². The lowest BCUT2D eigenvalue weighted by atomic mass is 9.79. The van der Waals surface area contributed by atoms with Gasteiger partial charge in [0.2, 0.25) is 0 Å². The number of pyridine rings is 1. The Balaban J connectivity index is 1.14. The van der Waals surface area contributed by atoms with Gasteiger partial charge in [0.25, 0.3) is 5.91 Å². The molecule has 3 N–H and O–H groups in total. The number of aliphatic carboxylic acids is 1. The normalized spacial score (nSPS) is 20.2. The second-order valence-corrected chi connectivity index (χ2v) is 9.31. The maximum atomic E-state index is 12.3. The fourth-order valence-electron chi connectivity index (χ4n) is 4.36. The first-order chi connectivity index (χ1) is 16.0. The number of anilines is 1. The maximum Gasteiger partial charge on any atom is 0.326 e. The highest BCUT2D eigenvalue weighted by Crippen LogP contribution is 2.34. The Morgan fingerprint density at radius 3 is 2.76 bits per heavy atom. The van der Waals surface area contributed by atoms with Gasteiger partial charge in [0, 0.05) is 35.9 Å². The van der Waals surface area contributed by atoms with Crippen LogP contribution in [-0.2, 0) is 22.4 Å². The van der Waals surface area contributed by atoms with E-state index in [1.165, 1.54) is 12.0 Å². The number of nitrogens with one attached hydrogen (secondary N) is 2. The molecule has 1 atom stereocenters. The summed E-state index contributed by atoms with van der Waals surface area (Å²) in [7, 11) is 0. The number of nitrogens with zero attached hydrogens (tertiary/aromatic N) is 1. The number of rotatable bonds is 10. The molecule has 176 valence electrons. The minimum atomic E-state index is -1.07. The molecule has 2 aromatic rings. The van der Waals surface area contributed by atoms with Crippen molar-refractivity contribution in [1.29, 1.82) is 0 Å². The number of halogens is 1. The summed E-state index contributed by atoms with van der Waals surface area (Å²) in [4.78, 5) is 28.6. The summed E-state index contributed by atoms with van der Waals surface area (Å²) in [5.74, 6) is 0.151. The molecular weight excluding hydrogens is 442 g/mol. The van der Waals surface area contributed by atoms with Crippen molar-refractivity contribution in [1.82, 2.24) is 10.3 Å². The Hall–Kier alpha value is -2.64. The van der Waals surface area contributed by atoms with Crippen LogP contribution in [0.2, 0.25) is 5.02 Å². The molecule has 33 heavy (non-hydrogen) atoms. The van der Waals surface area contributed by atoms with E-state index >= 15 is 0 Å². The van der Waals surface area contributed by atoms with Gasteiger partial charge in [-0.05, 0) is 80.3 Å². The molecule has 8 heteroatoms.